The van der Waals surface area contributed by atoms with Crippen molar-refractivity contribution in [3.05, 3.63) is 95.0 Å². The third-order valence-electron chi connectivity index (χ3n) is 6.22. The average Bonchev–Trinajstić information content (AvgIpc) is 3.36. The second-order valence-corrected chi connectivity index (χ2v) is 11.4. The van der Waals surface area contributed by atoms with E-state index in [2.05, 4.69) is 10.3 Å². The van der Waals surface area contributed by atoms with E-state index in [0.717, 1.165) is 19.9 Å². The zero-order valence-electron chi connectivity index (χ0n) is 20.3. The minimum absolute atomic E-state index is 0.128. The van der Waals surface area contributed by atoms with Crippen LogP contribution in [0.3, 0.4) is 0 Å². The molecule has 0 atom stereocenters. The fourth-order valence-electron chi connectivity index (χ4n) is 4.43. The Morgan fingerprint density at radius 1 is 0.974 bits per heavy atom. The maximum Gasteiger partial charge on any atom is 0.265 e. The Morgan fingerprint density at radius 2 is 1.69 bits per heavy atom. The Hall–Kier alpha value is -3.92. The molecular weight excluding hydrogens is 554 g/mol. The molecule has 2 heterocycles. The number of rotatable bonds is 8. The molecule has 194 valence electrons. The van der Waals surface area contributed by atoms with Crippen LogP contribution in [0.5, 0.6) is 5.75 Å². The molecule has 0 aliphatic carbocycles. The van der Waals surface area contributed by atoms with E-state index in [4.69, 9.17) is 16.3 Å². The van der Waals surface area contributed by atoms with Crippen LogP contribution in [-0.2, 0) is 4.79 Å². The summed E-state index contributed by atoms with van der Waals surface area (Å²) in [5.41, 5.74) is 2.24. The Labute approximate surface area is 236 Å². The molecule has 0 saturated heterocycles. The van der Waals surface area contributed by atoms with Crippen LogP contribution >= 0.6 is 34.7 Å². The van der Waals surface area contributed by atoms with Gasteiger partial charge >= 0.3 is 0 Å². The molecule has 0 fully saturated rings. The van der Waals surface area contributed by atoms with Gasteiger partial charge in [-0.05, 0) is 60.0 Å². The van der Waals surface area contributed by atoms with Crippen molar-refractivity contribution in [3.8, 4) is 5.75 Å². The minimum atomic E-state index is -0.348. The number of hydrogen-bond donors (Lipinski definition) is 1. The largest absolute Gasteiger partial charge is 0.492 e. The molecule has 4 aromatic carbocycles. The normalized spacial score (nSPS) is 12.8. The number of anilines is 1. The van der Waals surface area contributed by atoms with Crippen LogP contribution in [0.2, 0.25) is 5.02 Å². The molecular formula is C29H20ClN3O4S2. The topological polar surface area (TPSA) is 88.6 Å². The summed E-state index contributed by atoms with van der Waals surface area (Å²) in [5.74, 6) is 0.0689. The maximum atomic E-state index is 13.4. The first-order chi connectivity index (χ1) is 19.0. The van der Waals surface area contributed by atoms with Crippen molar-refractivity contribution in [3.63, 3.8) is 0 Å². The molecule has 10 heteroatoms. The quantitative estimate of drug-likeness (QED) is 0.135. The molecule has 0 saturated carbocycles. The predicted molar refractivity (Wildman–Crippen MR) is 155 cm³/mol. The lowest BCUT2D eigenvalue weighted by Crippen LogP contribution is -2.40. The number of fused-ring (bicyclic) bond motifs is 1. The molecule has 0 radical (unpaired) electrons. The van der Waals surface area contributed by atoms with E-state index >= 15 is 0 Å². The molecule has 5 aromatic rings. The standard InChI is InChI=1S/C29H20ClN3O4S2/c30-18-7-10-20(11-8-18)37-14-13-31-25(34)16-38-29-32-23-12-9-19(15-24(23)39-29)33-27(35)21-5-1-3-17-4-2-6-22(26(17)21)28(33)36/h1-12,15H,13-14,16H2,(H,31,34). The van der Waals surface area contributed by atoms with Gasteiger partial charge in [0.1, 0.15) is 12.4 Å². The molecule has 6 rings (SSSR count). The Balaban J connectivity index is 1.10. The lowest BCUT2D eigenvalue weighted by atomic mass is 9.94. The minimum Gasteiger partial charge on any atom is -0.492 e. The fourth-order valence-corrected chi connectivity index (χ4v) is 6.48. The summed E-state index contributed by atoms with van der Waals surface area (Å²) in [6.45, 7) is 0.717. The highest BCUT2D eigenvalue weighted by molar-refractivity contribution is 8.01. The van der Waals surface area contributed by atoms with Gasteiger partial charge in [-0.25, -0.2) is 9.88 Å². The van der Waals surface area contributed by atoms with Gasteiger partial charge in [0, 0.05) is 21.5 Å². The lowest BCUT2D eigenvalue weighted by Gasteiger charge is -2.27. The maximum absolute atomic E-state index is 13.4. The van der Waals surface area contributed by atoms with Gasteiger partial charge < -0.3 is 10.1 Å². The van der Waals surface area contributed by atoms with Gasteiger partial charge in [0.25, 0.3) is 11.8 Å². The number of aromatic nitrogens is 1. The Kier molecular flexibility index (Phi) is 6.95. The second kappa shape index (κ2) is 10.7. The van der Waals surface area contributed by atoms with E-state index in [0.29, 0.717) is 46.1 Å². The number of halogens is 1. The number of thioether (sulfide) groups is 1. The van der Waals surface area contributed by atoms with Gasteiger partial charge in [-0.15, -0.1) is 11.3 Å². The van der Waals surface area contributed by atoms with Crippen LogP contribution in [0.4, 0.5) is 5.69 Å². The third-order valence-corrected chi connectivity index (χ3v) is 8.63. The number of benzene rings is 4. The first-order valence-electron chi connectivity index (χ1n) is 12.1. The summed E-state index contributed by atoms with van der Waals surface area (Å²) in [6.07, 6.45) is 0. The van der Waals surface area contributed by atoms with E-state index < -0.39 is 0 Å². The summed E-state index contributed by atoms with van der Waals surface area (Å²) in [4.78, 5) is 44.8. The van der Waals surface area contributed by atoms with Crippen LogP contribution < -0.4 is 15.0 Å². The van der Waals surface area contributed by atoms with Gasteiger partial charge in [-0.2, -0.15) is 0 Å². The number of ether oxygens (including phenoxy) is 1. The third kappa shape index (κ3) is 5.08. The zero-order valence-corrected chi connectivity index (χ0v) is 22.7. The second-order valence-electron chi connectivity index (χ2n) is 8.73. The van der Waals surface area contributed by atoms with E-state index in [1.807, 2.05) is 24.3 Å². The van der Waals surface area contributed by atoms with Crippen LogP contribution in [0.1, 0.15) is 20.7 Å². The summed E-state index contributed by atoms with van der Waals surface area (Å²) >= 11 is 8.61. The zero-order chi connectivity index (χ0) is 26.9. The van der Waals surface area contributed by atoms with Crippen molar-refractivity contribution >= 4 is 79.1 Å². The smallest absolute Gasteiger partial charge is 0.265 e. The molecule has 39 heavy (non-hydrogen) atoms. The lowest BCUT2D eigenvalue weighted by molar-refractivity contribution is -0.118. The molecule has 0 bridgehead atoms. The van der Waals surface area contributed by atoms with Gasteiger partial charge in [-0.3, -0.25) is 14.4 Å². The highest BCUT2D eigenvalue weighted by atomic mass is 35.5. The Bertz CT molecular complexity index is 1700. The van der Waals surface area contributed by atoms with Crippen molar-refractivity contribution in [1.29, 1.82) is 0 Å². The average molecular weight is 574 g/mol. The van der Waals surface area contributed by atoms with Crippen LogP contribution in [-0.4, -0.2) is 41.6 Å². The monoisotopic (exact) mass is 573 g/mol. The van der Waals surface area contributed by atoms with E-state index in [1.165, 1.54) is 28.0 Å². The van der Waals surface area contributed by atoms with Crippen molar-refractivity contribution in [2.75, 3.05) is 23.8 Å². The van der Waals surface area contributed by atoms with E-state index in [9.17, 15) is 14.4 Å². The molecule has 0 spiro atoms. The summed E-state index contributed by atoms with van der Waals surface area (Å²) in [5, 5.41) is 5.02. The molecule has 1 N–H and O–H groups in total. The number of imide groups is 1. The highest BCUT2D eigenvalue weighted by Gasteiger charge is 2.34. The molecule has 0 unspecified atom stereocenters. The van der Waals surface area contributed by atoms with Crippen molar-refractivity contribution in [1.82, 2.24) is 10.3 Å². The van der Waals surface area contributed by atoms with Gasteiger partial charge in [-0.1, -0.05) is 47.6 Å². The number of thiazole rings is 1. The summed E-state index contributed by atoms with van der Waals surface area (Å²) in [7, 11) is 0. The fraction of sp³-hybridized carbons (Fsp3) is 0.103. The van der Waals surface area contributed by atoms with E-state index in [1.54, 1.807) is 54.6 Å². The first kappa shape index (κ1) is 25.4. The first-order valence-corrected chi connectivity index (χ1v) is 14.2. The SMILES string of the molecule is O=C(CSc1nc2ccc(N3C(=O)c4cccc5cccc(c45)C3=O)cc2s1)NCCOc1ccc(Cl)cc1. The summed E-state index contributed by atoms with van der Waals surface area (Å²) < 4.78 is 7.13. The van der Waals surface area contributed by atoms with Crippen molar-refractivity contribution in [2.45, 2.75) is 4.34 Å². The van der Waals surface area contributed by atoms with Gasteiger partial charge in [0.2, 0.25) is 5.91 Å². The summed E-state index contributed by atoms with van der Waals surface area (Å²) in [6, 6.07) is 23.3. The predicted octanol–water partition coefficient (Wildman–Crippen LogP) is 6.19. The highest BCUT2D eigenvalue weighted by Crippen LogP contribution is 2.36. The van der Waals surface area contributed by atoms with E-state index in [-0.39, 0.29) is 23.5 Å². The van der Waals surface area contributed by atoms with Crippen LogP contribution in [0.25, 0.3) is 21.0 Å². The van der Waals surface area contributed by atoms with Crippen molar-refractivity contribution in [2.24, 2.45) is 0 Å². The van der Waals surface area contributed by atoms with Crippen molar-refractivity contribution < 1.29 is 19.1 Å². The number of carbonyl (C=O) groups excluding carboxylic acids is 3. The number of hydrogen-bond acceptors (Lipinski definition) is 7. The van der Waals surface area contributed by atoms with Crippen LogP contribution in [0.15, 0.2) is 83.2 Å². The molecule has 7 nitrogen and oxygen atoms in total. The van der Waals surface area contributed by atoms with Gasteiger partial charge in [0.15, 0.2) is 4.34 Å². The Morgan fingerprint density at radius 3 is 2.41 bits per heavy atom. The molecule has 3 amide bonds. The molecule has 1 aliphatic heterocycles. The number of amides is 3. The molecule has 1 aromatic heterocycles. The number of nitrogens with one attached hydrogen (secondary N) is 1. The number of carbonyl (C=O) groups is 3. The van der Waals surface area contributed by atoms with Gasteiger partial charge in [0.05, 0.1) is 28.2 Å². The molecule has 1 aliphatic rings. The number of nitrogens with zero attached hydrogens (tertiary/aromatic N) is 2. The van der Waals surface area contributed by atoms with Crippen LogP contribution in [0, 0.1) is 0 Å².